The van der Waals surface area contributed by atoms with E-state index in [9.17, 15) is 9.50 Å². The predicted molar refractivity (Wildman–Crippen MR) is 123 cm³/mol. The molecule has 158 valence electrons. The molecule has 3 nitrogen and oxygen atoms in total. The summed E-state index contributed by atoms with van der Waals surface area (Å²) in [5, 5.41) is 9.88. The van der Waals surface area contributed by atoms with Crippen LogP contribution in [0.4, 0.5) is 4.39 Å². The molecule has 30 heavy (non-hydrogen) atoms. The minimum atomic E-state index is -0.253. The number of nitrogens with zero attached hydrogens (tertiary/aromatic N) is 1. The minimum Gasteiger partial charge on any atom is -0.508 e. The number of phenolic OH excluding ortho intramolecular Hbond substituents is 1. The van der Waals surface area contributed by atoms with Gasteiger partial charge in [-0.25, -0.2) is 0 Å². The van der Waals surface area contributed by atoms with Gasteiger partial charge in [-0.05, 0) is 84.2 Å². The summed E-state index contributed by atoms with van der Waals surface area (Å²) in [6.07, 6.45) is 6.42. The molecule has 1 heterocycles. The average Bonchev–Trinajstić information content (AvgIpc) is 3.14. The van der Waals surface area contributed by atoms with E-state index in [0.29, 0.717) is 12.2 Å². The van der Waals surface area contributed by atoms with E-state index >= 15 is 0 Å². The molecule has 5 heteroatoms. The maximum Gasteiger partial charge on any atom is 0.126 e. The van der Waals surface area contributed by atoms with Crippen molar-refractivity contribution in [3.8, 4) is 11.5 Å². The third kappa shape index (κ3) is 4.96. The Hall–Kier alpha value is -2.11. The quantitative estimate of drug-likeness (QED) is 0.508. The molecule has 0 saturated carbocycles. The molecule has 1 aliphatic carbocycles. The van der Waals surface area contributed by atoms with Crippen molar-refractivity contribution in [3.63, 3.8) is 0 Å². The predicted octanol–water partition coefficient (Wildman–Crippen LogP) is 6.21. The van der Waals surface area contributed by atoms with Crippen LogP contribution in [0.25, 0.3) is 5.57 Å². The lowest BCUT2D eigenvalue weighted by molar-refractivity contribution is 0.316. The molecule has 2 aliphatic rings. The van der Waals surface area contributed by atoms with Crippen LogP contribution in [0, 0.1) is 0 Å². The molecule has 0 aromatic heterocycles. The fourth-order valence-corrected chi connectivity index (χ4v) is 4.94. The van der Waals surface area contributed by atoms with Crippen molar-refractivity contribution >= 4 is 21.5 Å². The Morgan fingerprint density at radius 3 is 2.73 bits per heavy atom. The van der Waals surface area contributed by atoms with Crippen molar-refractivity contribution < 1.29 is 14.2 Å². The molecule has 1 N–H and O–H groups in total. The van der Waals surface area contributed by atoms with Gasteiger partial charge in [-0.15, -0.1) is 0 Å². The van der Waals surface area contributed by atoms with Gasteiger partial charge in [0.15, 0.2) is 0 Å². The molecule has 2 aromatic rings. The first-order valence-electron chi connectivity index (χ1n) is 10.6. The minimum absolute atomic E-state index is 0.253. The number of aromatic hydroxyl groups is 1. The molecule has 2 aromatic carbocycles. The van der Waals surface area contributed by atoms with Gasteiger partial charge >= 0.3 is 0 Å². The lowest BCUT2D eigenvalue weighted by atomic mass is 9.93. The van der Waals surface area contributed by atoms with Crippen LogP contribution in [-0.4, -0.2) is 36.3 Å². The van der Waals surface area contributed by atoms with Gasteiger partial charge < -0.3 is 9.84 Å². The first-order valence-corrected chi connectivity index (χ1v) is 11.4. The van der Waals surface area contributed by atoms with Crippen LogP contribution in [0.5, 0.6) is 11.5 Å². The monoisotopic (exact) mass is 471 g/mol. The Balaban J connectivity index is 1.48. The van der Waals surface area contributed by atoms with Crippen molar-refractivity contribution in [1.82, 2.24) is 4.90 Å². The summed E-state index contributed by atoms with van der Waals surface area (Å²) in [7, 11) is 0. The average molecular weight is 472 g/mol. The molecule has 1 fully saturated rings. The summed E-state index contributed by atoms with van der Waals surface area (Å²) in [5.74, 6) is 1.13. The first-order chi connectivity index (χ1) is 14.6. The zero-order chi connectivity index (χ0) is 20.9. The zero-order valence-electron chi connectivity index (χ0n) is 17.0. The van der Waals surface area contributed by atoms with Crippen LogP contribution in [0.2, 0.25) is 0 Å². The number of phenols is 1. The summed E-state index contributed by atoms with van der Waals surface area (Å²) < 4.78 is 19.4. The van der Waals surface area contributed by atoms with Gasteiger partial charge in [0, 0.05) is 24.1 Å². The molecule has 4 rings (SSSR count). The van der Waals surface area contributed by atoms with E-state index in [-0.39, 0.29) is 6.67 Å². The van der Waals surface area contributed by atoms with E-state index in [2.05, 4.69) is 33.0 Å². The normalized spacial score (nSPS) is 18.5. The Bertz CT molecular complexity index is 952. The Morgan fingerprint density at radius 1 is 1.10 bits per heavy atom. The van der Waals surface area contributed by atoms with Crippen molar-refractivity contribution in [2.75, 3.05) is 26.3 Å². The SMILES string of the molecule is Oc1ccc2c(c1)CCCC(Br)=C2c1ccc(O/C=C2\CCN(CCCF)C2)cc1. The Morgan fingerprint density at radius 2 is 1.93 bits per heavy atom. The standard InChI is InChI=1S/C25H27BrFNO2/c26-24-4-1-3-20-15-21(29)7-10-23(20)25(24)19-5-8-22(9-6-19)30-17-18-11-14-28(16-18)13-2-12-27/h5-10,15,17,29H,1-4,11-14,16H2/b18-17+. The number of allylic oxidation sites excluding steroid dienone is 1. The molecule has 0 atom stereocenters. The third-order valence-corrected chi connectivity index (χ3v) is 6.55. The highest BCUT2D eigenvalue weighted by molar-refractivity contribution is 9.11. The summed E-state index contributed by atoms with van der Waals surface area (Å²) >= 11 is 3.80. The molecule has 0 bridgehead atoms. The number of aryl methyl sites for hydroxylation is 1. The van der Waals surface area contributed by atoms with Crippen LogP contribution >= 0.6 is 15.9 Å². The summed E-state index contributed by atoms with van der Waals surface area (Å²) in [4.78, 5) is 2.27. The van der Waals surface area contributed by atoms with Gasteiger partial charge in [0.25, 0.3) is 0 Å². The van der Waals surface area contributed by atoms with E-state index in [1.54, 1.807) is 6.07 Å². The maximum absolute atomic E-state index is 12.3. The van der Waals surface area contributed by atoms with E-state index < -0.39 is 0 Å². The van der Waals surface area contributed by atoms with Gasteiger partial charge in [-0.3, -0.25) is 9.29 Å². The lowest BCUT2D eigenvalue weighted by Gasteiger charge is -2.14. The molecular formula is C25H27BrFNO2. The number of ether oxygens (including phenoxy) is 1. The van der Waals surface area contributed by atoms with Gasteiger partial charge in [-0.2, -0.15) is 0 Å². The Kier molecular flexibility index (Phi) is 6.90. The highest BCUT2D eigenvalue weighted by Gasteiger charge is 2.19. The van der Waals surface area contributed by atoms with Gasteiger partial charge in [0.2, 0.25) is 0 Å². The number of rotatable bonds is 6. The highest BCUT2D eigenvalue weighted by Crippen LogP contribution is 2.39. The van der Waals surface area contributed by atoms with E-state index in [4.69, 9.17) is 4.74 Å². The van der Waals surface area contributed by atoms with E-state index in [0.717, 1.165) is 56.6 Å². The highest BCUT2D eigenvalue weighted by atomic mass is 79.9. The van der Waals surface area contributed by atoms with Crippen LogP contribution in [0.1, 0.15) is 42.4 Å². The number of alkyl halides is 1. The van der Waals surface area contributed by atoms with Crippen LogP contribution in [0.15, 0.2) is 58.8 Å². The van der Waals surface area contributed by atoms with Crippen molar-refractivity contribution in [1.29, 1.82) is 0 Å². The third-order valence-electron chi connectivity index (χ3n) is 5.76. The number of hydrogen-bond donors (Lipinski definition) is 1. The molecule has 0 radical (unpaired) electrons. The molecule has 1 saturated heterocycles. The van der Waals surface area contributed by atoms with Gasteiger partial charge in [-0.1, -0.05) is 34.1 Å². The second-order valence-corrected chi connectivity index (χ2v) is 8.92. The molecule has 0 amide bonds. The first kappa shape index (κ1) is 21.1. The number of benzene rings is 2. The van der Waals surface area contributed by atoms with Crippen LogP contribution in [-0.2, 0) is 6.42 Å². The van der Waals surface area contributed by atoms with Crippen LogP contribution in [0.3, 0.4) is 0 Å². The number of hydrogen-bond acceptors (Lipinski definition) is 3. The van der Waals surface area contributed by atoms with Crippen LogP contribution < -0.4 is 4.74 Å². The number of fused-ring (bicyclic) bond motifs is 1. The summed E-state index contributed by atoms with van der Waals surface area (Å²) in [5.41, 5.74) is 5.93. The fraction of sp³-hybridized carbons (Fsp3) is 0.360. The number of likely N-dealkylation sites (tertiary alicyclic amines) is 1. The fourth-order valence-electron chi connectivity index (χ4n) is 4.22. The second kappa shape index (κ2) is 9.80. The second-order valence-electron chi connectivity index (χ2n) is 7.96. The molecule has 0 unspecified atom stereocenters. The smallest absolute Gasteiger partial charge is 0.126 e. The topological polar surface area (TPSA) is 32.7 Å². The summed E-state index contributed by atoms with van der Waals surface area (Å²) in [6, 6.07) is 13.8. The number of halogens is 2. The van der Waals surface area contributed by atoms with E-state index in [1.165, 1.54) is 26.8 Å². The van der Waals surface area contributed by atoms with Gasteiger partial charge in [0.05, 0.1) is 12.9 Å². The molecular weight excluding hydrogens is 445 g/mol. The largest absolute Gasteiger partial charge is 0.508 e. The zero-order valence-corrected chi connectivity index (χ0v) is 18.6. The van der Waals surface area contributed by atoms with Crippen molar-refractivity contribution in [3.05, 3.63) is 75.5 Å². The molecule has 1 aliphatic heterocycles. The maximum atomic E-state index is 12.3. The molecule has 0 spiro atoms. The lowest BCUT2D eigenvalue weighted by Crippen LogP contribution is -2.20. The Labute approximate surface area is 186 Å². The van der Waals surface area contributed by atoms with Gasteiger partial charge in [0.1, 0.15) is 11.5 Å². The van der Waals surface area contributed by atoms with E-state index in [1.807, 2.05) is 30.5 Å². The van der Waals surface area contributed by atoms with Crippen molar-refractivity contribution in [2.45, 2.75) is 32.1 Å². The summed E-state index contributed by atoms with van der Waals surface area (Å²) in [6.45, 7) is 2.40. The van der Waals surface area contributed by atoms with Crippen molar-refractivity contribution in [2.24, 2.45) is 0 Å².